The average molecular weight is 265 g/mol. The van der Waals surface area contributed by atoms with E-state index in [4.69, 9.17) is 0 Å². The van der Waals surface area contributed by atoms with E-state index in [1.54, 1.807) is 0 Å². The van der Waals surface area contributed by atoms with Gasteiger partial charge in [-0.25, -0.2) is 0 Å². The van der Waals surface area contributed by atoms with E-state index in [0.717, 1.165) is 0 Å². The molecule has 0 aliphatic heterocycles. The summed E-state index contributed by atoms with van der Waals surface area (Å²) in [7, 11) is 0. The molecule has 104 valence electrons. The highest BCUT2D eigenvalue weighted by Gasteiger charge is 2.13. The Kier molecular flexibility index (Phi) is 3.77. The van der Waals surface area contributed by atoms with Crippen molar-refractivity contribution in [3.63, 3.8) is 0 Å². The van der Waals surface area contributed by atoms with Crippen molar-refractivity contribution in [1.29, 1.82) is 0 Å². The normalized spacial score (nSPS) is 13.1. The first kappa shape index (κ1) is 13.2. The van der Waals surface area contributed by atoms with E-state index in [9.17, 15) is 0 Å². The van der Waals surface area contributed by atoms with Crippen molar-refractivity contribution in [2.75, 3.05) is 0 Å². The first-order valence-corrected chi connectivity index (χ1v) is 7.80. The van der Waals surface area contributed by atoms with Crippen LogP contribution in [0.1, 0.15) is 45.6 Å². The Morgan fingerprint density at radius 1 is 0.850 bits per heavy atom. The summed E-state index contributed by atoms with van der Waals surface area (Å²) in [5.74, 6) is 0. The highest BCUT2D eigenvalue weighted by molar-refractivity contribution is 6.08. The third kappa shape index (κ3) is 2.22. The maximum absolute atomic E-state index is 2.53. The third-order valence-corrected chi connectivity index (χ3v) is 4.28. The molecular formula is C19H23N. The second-order valence-electron chi connectivity index (χ2n) is 5.75. The summed E-state index contributed by atoms with van der Waals surface area (Å²) in [5.41, 5.74) is 2.75. The number of fused-ring (bicyclic) bond motifs is 3. The van der Waals surface area contributed by atoms with Gasteiger partial charge < -0.3 is 4.57 Å². The van der Waals surface area contributed by atoms with Crippen LogP contribution in [0.25, 0.3) is 21.8 Å². The van der Waals surface area contributed by atoms with Gasteiger partial charge in [-0.1, -0.05) is 62.6 Å². The van der Waals surface area contributed by atoms with Crippen molar-refractivity contribution < 1.29 is 0 Å². The van der Waals surface area contributed by atoms with E-state index in [1.165, 1.54) is 47.5 Å². The van der Waals surface area contributed by atoms with Gasteiger partial charge in [0.1, 0.15) is 0 Å². The average Bonchev–Trinajstić information content (AvgIpc) is 2.82. The smallest absolute Gasteiger partial charge is 0.0493 e. The molecule has 0 saturated carbocycles. The molecule has 3 aromatic rings. The Balaban J connectivity index is 2.11. The molecule has 1 nitrogen and oxygen atoms in total. The van der Waals surface area contributed by atoms with Crippen LogP contribution in [0.2, 0.25) is 0 Å². The van der Waals surface area contributed by atoms with Gasteiger partial charge in [0.05, 0.1) is 0 Å². The molecule has 0 radical (unpaired) electrons. The maximum atomic E-state index is 2.53. The number of unbranched alkanes of at least 4 members (excludes halogenated alkanes) is 2. The van der Waals surface area contributed by atoms with Crippen LogP contribution in [0.5, 0.6) is 0 Å². The minimum absolute atomic E-state index is 0.561. The van der Waals surface area contributed by atoms with Gasteiger partial charge in [0.2, 0.25) is 0 Å². The van der Waals surface area contributed by atoms with Gasteiger partial charge in [-0.15, -0.1) is 0 Å². The summed E-state index contributed by atoms with van der Waals surface area (Å²) >= 11 is 0. The first-order chi connectivity index (χ1) is 9.83. The van der Waals surface area contributed by atoms with Crippen molar-refractivity contribution in [3.05, 3.63) is 48.5 Å². The van der Waals surface area contributed by atoms with Gasteiger partial charge in [-0.05, 0) is 25.5 Å². The van der Waals surface area contributed by atoms with E-state index in [-0.39, 0.29) is 0 Å². The van der Waals surface area contributed by atoms with Crippen LogP contribution >= 0.6 is 0 Å². The van der Waals surface area contributed by atoms with Crippen molar-refractivity contribution in [2.45, 2.75) is 45.6 Å². The van der Waals surface area contributed by atoms with Crippen LogP contribution in [-0.4, -0.2) is 4.57 Å². The molecule has 20 heavy (non-hydrogen) atoms. The van der Waals surface area contributed by atoms with Crippen LogP contribution in [0, 0.1) is 0 Å². The minimum Gasteiger partial charge on any atom is -0.338 e. The molecule has 1 unspecified atom stereocenters. The van der Waals surface area contributed by atoms with Crippen molar-refractivity contribution in [3.8, 4) is 0 Å². The fraction of sp³-hybridized carbons (Fsp3) is 0.368. The molecule has 0 fully saturated rings. The van der Waals surface area contributed by atoms with Gasteiger partial charge in [0.25, 0.3) is 0 Å². The number of hydrogen-bond acceptors (Lipinski definition) is 0. The molecule has 0 amide bonds. The molecule has 0 aliphatic carbocycles. The zero-order valence-corrected chi connectivity index (χ0v) is 12.5. The lowest BCUT2D eigenvalue weighted by molar-refractivity contribution is 0.499. The minimum atomic E-state index is 0.561. The summed E-state index contributed by atoms with van der Waals surface area (Å²) in [4.78, 5) is 0. The number of rotatable bonds is 5. The lowest BCUT2D eigenvalue weighted by Gasteiger charge is -2.16. The molecule has 2 aromatic carbocycles. The second-order valence-corrected chi connectivity index (χ2v) is 5.75. The zero-order valence-electron chi connectivity index (χ0n) is 12.5. The standard InChI is InChI=1S/C19H23N/c1-3-4-5-10-15(2)20-18-13-8-6-11-16(18)17-12-7-9-14-19(17)20/h6-9,11-15H,3-5,10H2,1-2H3. The predicted molar refractivity (Wildman–Crippen MR) is 88.3 cm³/mol. The van der Waals surface area contributed by atoms with Gasteiger partial charge in [-0.2, -0.15) is 0 Å². The maximum Gasteiger partial charge on any atom is 0.0493 e. The van der Waals surface area contributed by atoms with Gasteiger partial charge in [-0.3, -0.25) is 0 Å². The van der Waals surface area contributed by atoms with Crippen LogP contribution in [0.15, 0.2) is 48.5 Å². The molecule has 3 rings (SSSR count). The quantitative estimate of drug-likeness (QED) is 0.503. The van der Waals surface area contributed by atoms with Gasteiger partial charge in [0, 0.05) is 27.8 Å². The molecule has 0 aliphatic rings. The van der Waals surface area contributed by atoms with Crippen LogP contribution in [-0.2, 0) is 0 Å². The Labute approximate surface area is 121 Å². The number of aromatic nitrogens is 1. The molecule has 0 N–H and O–H groups in total. The zero-order chi connectivity index (χ0) is 13.9. The largest absolute Gasteiger partial charge is 0.338 e. The van der Waals surface area contributed by atoms with E-state index in [0.29, 0.717) is 6.04 Å². The van der Waals surface area contributed by atoms with Crippen LogP contribution in [0.3, 0.4) is 0 Å². The number of benzene rings is 2. The lowest BCUT2D eigenvalue weighted by Crippen LogP contribution is -2.04. The molecule has 1 heterocycles. The Morgan fingerprint density at radius 3 is 1.95 bits per heavy atom. The molecule has 0 spiro atoms. The Morgan fingerprint density at radius 2 is 1.40 bits per heavy atom. The Bertz CT molecular complexity index is 655. The summed E-state index contributed by atoms with van der Waals surface area (Å²) in [5, 5.41) is 2.76. The van der Waals surface area contributed by atoms with E-state index in [2.05, 4.69) is 66.9 Å². The summed E-state index contributed by atoms with van der Waals surface area (Å²) in [6.07, 6.45) is 5.20. The Hall–Kier alpha value is -1.76. The monoisotopic (exact) mass is 265 g/mol. The van der Waals surface area contributed by atoms with E-state index >= 15 is 0 Å². The molecular weight excluding hydrogens is 242 g/mol. The summed E-state index contributed by atoms with van der Waals surface area (Å²) in [6, 6.07) is 18.1. The number of hydrogen-bond donors (Lipinski definition) is 0. The van der Waals surface area contributed by atoms with E-state index < -0.39 is 0 Å². The van der Waals surface area contributed by atoms with Gasteiger partial charge >= 0.3 is 0 Å². The van der Waals surface area contributed by atoms with Crippen molar-refractivity contribution in [2.24, 2.45) is 0 Å². The molecule has 1 atom stereocenters. The lowest BCUT2D eigenvalue weighted by atomic mass is 10.1. The predicted octanol–water partition coefficient (Wildman–Crippen LogP) is 5.94. The van der Waals surface area contributed by atoms with Crippen LogP contribution < -0.4 is 0 Å². The molecule has 0 bridgehead atoms. The molecule has 1 aromatic heterocycles. The highest BCUT2D eigenvalue weighted by atomic mass is 15.0. The summed E-state index contributed by atoms with van der Waals surface area (Å²) < 4.78 is 2.53. The van der Waals surface area contributed by atoms with Gasteiger partial charge in [0.15, 0.2) is 0 Å². The van der Waals surface area contributed by atoms with E-state index in [1.807, 2.05) is 0 Å². The SMILES string of the molecule is CCCCCC(C)n1c2ccccc2c2ccccc21. The van der Waals surface area contributed by atoms with Crippen molar-refractivity contribution >= 4 is 21.8 Å². The fourth-order valence-corrected chi connectivity index (χ4v) is 3.25. The molecule has 1 heteroatoms. The number of para-hydroxylation sites is 2. The topological polar surface area (TPSA) is 4.93 Å². The fourth-order valence-electron chi connectivity index (χ4n) is 3.25. The van der Waals surface area contributed by atoms with Crippen LogP contribution in [0.4, 0.5) is 0 Å². The third-order valence-electron chi connectivity index (χ3n) is 4.28. The first-order valence-electron chi connectivity index (χ1n) is 7.80. The summed E-state index contributed by atoms with van der Waals surface area (Å²) in [6.45, 7) is 4.62. The molecule has 0 saturated heterocycles. The van der Waals surface area contributed by atoms with Crippen molar-refractivity contribution in [1.82, 2.24) is 4.57 Å². The highest BCUT2D eigenvalue weighted by Crippen LogP contribution is 2.33. The second kappa shape index (κ2) is 5.70. The number of nitrogens with zero attached hydrogens (tertiary/aromatic N) is 1.